The molecule has 0 saturated heterocycles. The lowest BCUT2D eigenvalue weighted by atomic mass is 10.2. The van der Waals surface area contributed by atoms with Gasteiger partial charge in [0.05, 0.1) is 12.2 Å². The third kappa shape index (κ3) is 3.25. The van der Waals surface area contributed by atoms with Crippen LogP contribution in [0, 0.1) is 11.6 Å². The van der Waals surface area contributed by atoms with Crippen molar-refractivity contribution in [2.24, 2.45) is 0 Å². The molecule has 0 aliphatic carbocycles. The number of halogens is 3. The third-order valence-corrected chi connectivity index (χ3v) is 4.17. The molecule has 0 bridgehead atoms. The van der Waals surface area contributed by atoms with Gasteiger partial charge in [-0.05, 0) is 36.4 Å². The molecule has 1 aromatic heterocycles. The number of nitrogens with zero attached hydrogens (tertiary/aromatic N) is 2. The van der Waals surface area contributed by atoms with Gasteiger partial charge in [-0.15, -0.1) is 0 Å². The van der Waals surface area contributed by atoms with Crippen LogP contribution in [0.1, 0.15) is 15.9 Å². The van der Waals surface area contributed by atoms with E-state index in [1.165, 1.54) is 10.7 Å². The summed E-state index contributed by atoms with van der Waals surface area (Å²) in [5, 5.41) is 9.19. The van der Waals surface area contributed by atoms with Crippen molar-refractivity contribution in [3.8, 4) is 5.69 Å². The monoisotopic (exact) mass is 408 g/mol. The second-order valence-electron chi connectivity index (χ2n) is 5.24. The normalized spacial score (nSPS) is 10.8. The van der Waals surface area contributed by atoms with Crippen LogP contribution < -0.4 is 5.56 Å². The quantitative estimate of drug-likeness (QED) is 0.719. The molecule has 0 atom stereocenters. The first-order valence-corrected chi connectivity index (χ1v) is 7.92. The first kappa shape index (κ1) is 17.1. The minimum Gasteiger partial charge on any atom is -0.477 e. The second-order valence-corrected chi connectivity index (χ2v) is 6.15. The van der Waals surface area contributed by atoms with Gasteiger partial charge < -0.3 is 5.11 Å². The molecule has 0 fully saturated rings. The Kier molecular flexibility index (Phi) is 4.54. The molecule has 25 heavy (non-hydrogen) atoms. The fourth-order valence-corrected chi connectivity index (χ4v) is 2.71. The maximum absolute atomic E-state index is 13.9. The molecule has 0 spiro atoms. The Morgan fingerprint density at radius 1 is 1.08 bits per heavy atom. The maximum atomic E-state index is 13.9. The Hall–Kier alpha value is -2.74. The number of hydrogen-bond acceptors (Lipinski definition) is 2. The van der Waals surface area contributed by atoms with Crippen LogP contribution in [0.15, 0.2) is 57.9 Å². The van der Waals surface area contributed by atoms with Crippen molar-refractivity contribution in [2.75, 3.05) is 0 Å². The van der Waals surface area contributed by atoms with Crippen molar-refractivity contribution >= 4 is 21.9 Å². The average molecular weight is 409 g/mol. The number of hydrogen-bond donors (Lipinski definition) is 1. The van der Waals surface area contributed by atoms with Crippen molar-refractivity contribution in [3.63, 3.8) is 0 Å². The molecule has 2 aromatic carbocycles. The van der Waals surface area contributed by atoms with E-state index in [9.17, 15) is 23.5 Å². The van der Waals surface area contributed by atoms with E-state index < -0.39 is 28.7 Å². The Morgan fingerprint density at radius 2 is 1.68 bits per heavy atom. The van der Waals surface area contributed by atoms with E-state index in [-0.39, 0.29) is 12.1 Å². The molecule has 3 aromatic rings. The predicted molar refractivity (Wildman–Crippen MR) is 90.1 cm³/mol. The molecule has 0 saturated carbocycles. The number of carboxylic acids is 1. The molecule has 1 N–H and O–H groups in total. The zero-order valence-corrected chi connectivity index (χ0v) is 14.2. The standard InChI is InChI=1S/C17H11BrF2N2O3/c18-10-4-6-11(7-5-10)22-16(23)13(17(24)25)9-21(22)8-12-14(19)2-1-3-15(12)20/h1-7,9H,8H2,(H,24,25). The molecule has 0 aliphatic rings. The van der Waals surface area contributed by atoms with Crippen LogP contribution in [0.3, 0.4) is 0 Å². The van der Waals surface area contributed by atoms with Gasteiger partial charge in [0.25, 0.3) is 5.56 Å². The minimum atomic E-state index is -1.41. The van der Waals surface area contributed by atoms with Gasteiger partial charge in [-0.25, -0.2) is 18.3 Å². The first-order valence-electron chi connectivity index (χ1n) is 7.13. The summed E-state index contributed by atoms with van der Waals surface area (Å²) >= 11 is 3.27. The topological polar surface area (TPSA) is 64.2 Å². The third-order valence-electron chi connectivity index (χ3n) is 3.64. The average Bonchev–Trinajstić information content (AvgIpc) is 2.89. The fourth-order valence-electron chi connectivity index (χ4n) is 2.45. The van der Waals surface area contributed by atoms with E-state index in [0.29, 0.717) is 5.69 Å². The summed E-state index contributed by atoms with van der Waals surface area (Å²) in [4.78, 5) is 23.7. The zero-order valence-electron chi connectivity index (χ0n) is 12.6. The van der Waals surface area contributed by atoms with Crippen LogP contribution in [0.4, 0.5) is 8.78 Å². The van der Waals surface area contributed by atoms with Gasteiger partial charge in [-0.1, -0.05) is 22.0 Å². The van der Waals surface area contributed by atoms with E-state index in [0.717, 1.165) is 27.5 Å². The molecular formula is C17H11BrF2N2O3. The van der Waals surface area contributed by atoms with Crippen molar-refractivity contribution in [1.82, 2.24) is 9.36 Å². The second kappa shape index (κ2) is 6.64. The molecule has 5 nitrogen and oxygen atoms in total. The van der Waals surface area contributed by atoms with Crippen LogP contribution in [-0.4, -0.2) is 20.4 Å². The summed E-state index contributed by atoms with van der Waals surface area (Å²) in [6, 6.07) is 9.95. The number of rotatable bonds is 4. The van der Waals surface area contributed by atoms with Crippen LogP contribution in [0.2, 0.25) is 0 Å². The summed E-state index contributed by atoms with van der Waals surface area (Å²) in [5.41, 5.74) is -1.16. The Bertz CT molecular complexity index is 989. The lowest BCUT2D eigenvalue weighted by Crippen LogP contribution is -2.24. The fraction of sp³-hybridized carbons (Fsp3) is 0.0588. The van der Waals surface area contributed by atoms with Gasteiger partial charge in [-0.3, -0.25) is 9.48 Å². The highest BCUT2D eigenvalue weighted by Gasteiger charge is 2.20. The molecule has 0 amide bonds. The molecular weight excluding hydrogens is 398 g/mol. The van der Waals surface area contributed by atoms with Gasteiger partial charge in [0.1, 0.15) is 17.2 Å². The lowest BCUT2D eigenvalue weighted by molar-refractivity contribution is 0.0695. The highest BCUT2D eigenvalue weighted by Crippen LogP contribution is 2.17. The van der Waals surface area contributed by atoms with E-state index in [4.69, 9.17) is 0 Å². The first-order chi connectivity index (χ1) is 11.9. The summed E-state index contributed by atoms with van der Waals surface area (Å²) in [5.74, 6) is -2.97. The zero-order chi connectivity index (χ0) is 18.1. The molecule has 0 radical (unpaired) electrons. The lowest BCUT2D eigenvalue weighted by Gasteiger charge is -2.13. The molecule has 1 heterocycles. The van der Waals surface area contributed by atoms with Crippen LogP contribution in [0.25, 0.3) is 5.69 Å². The van der Waals surface area contributed by atoms with Gasteiger partial charge in [0, 0.05) is 16.2 Å². The SMILES string of the molecule is O=C(O)c1cn(Cc2c(F)cccc2F)n(-c2ccc(Br)cc2)c1=O. The van der Waals surface area contributed by atoms with E-state index in [1.54, 1.807) is 24.3 Å². The number of benzene rings is 2. The Labute approximate surface area is 148 Å². The number of carboxylic acid groups (broad SMARTS) is 1. The van der Waals surface area contributed by atoms with Crippen LogP contribution >= 0.6 is 15.9 Å². The Morgan fingerprint density at radius 3 is 2.24 bits per heavy atom. The molecule has 3 rings (SSSR count). The number of carbonyl (C=O) groups is 1. The number of aromatic carboxylic acids is 1. The smallest absolute Gasteiger partial charge is 0.342 e. The van der Waals surface area contributed by atoms with Crippen LogP contribution in [0.5, 0.6) is 0 Å². The molecule has 0 unspecified atom stereocenters. The summed E-state index contributed by atoms with van der Waals surface area (Å²) in [6.07, 6.45) is 1.07. The van der Waals surface area contributed by atoms with Crippen molar-refractivity contribution in [2.45, 2.75) is 6.54 Å². The summed E-state index contributed by atoms with van der Waals surface area (Å²) in [7, 11) is 0. The van der Waals surface area contributed by atoms with Crippen molar-refractivity contribution in [3.05, 3.63) is 86.2 Å². The Balaban J connectivity index is 2.19. The van der Waals surface area contributed by atoms with Gasteiger partial charge in [0.2, 0.25) is 0 Å². The number of aromatic nitrogens is 2. The largest absolute Gasteiger partial charge is 0.477 e. The molecule has 128 valence electrons. The van der Waals surface area contributed by atoms with Gasteiger partial charge in [-0.2, -0.15) is 0 Å². The van der Waals surface area contributed by atoms with E-state index >= 15 is 0 Å². The predicted octanol–water partition coefficient (Wildman–Crippen LogP) is 3.43. The summed E-state index contributed by atoms with van der Waals surface area (Å²) < 4.78 is 30.9. The maximum Gasteiger partial charge on any atom is 0.342 e. The highest BCUT2D eigenvalue weighted by atomic mass is 79.9. The molecule has 0 aliphatic heterocycles. The van der Waals surface area contributed by atoms with Crippen LogP contribution in [-0.2, 0) is 6.54 Å². The highest BCUT2D eigenvalue weighted by molar-refractivity contribution is 9.10. The van der Waals surface area contributed by atoms with E-state index in [2.05, 4.69) is 15.9 Å². The van der Waals surface area contributed by atoms with Gasteiger partial charge >= 0.3 is 5.97 Å². The minimum absolute atomic E-state index is 0.264. The molecule has 8 heteroatoms. The summed E-state index contributed by atoms with van der Waals surface area (Å²) in [6.45, 7) is -0.336. The van der Waals surface area contributed by atoms with Gasteiger partial charge in [0.15, 0.2) is 0 Å². The van der Waals surface area contributed by atoms with E-state index in [1.807, 2.05) is 0 Å². The van der Waals surface area contributed by atoms with Crippen molar-refractivity contribution in [1.29, 1.82) is 0 Å². The van der Waals surface area contributed by atoms with Crippen molar-refractivity contribution < 1.29 is 18.7 Å².